The molecule has 114 valence electrons. The molecule has 3 heterocycles. The Morgan fingerprint density at radius 3 is 3.00 bits per heavy atom. The van der Waals surface area contributed by atoms with Crippen LogP contribution in [-0.2, 0) is 0 Å². The molecule has 1 aliphatic rings. The number of anilines is 1. The molecule has 22 heavy (non-hydrogen) atoms. The number of aromatic nitrogens is 5. The molecule has 0 aromatic carbocycles. The van der Waals surface area contributed by atoms with E-state index in [0.29, 0.717) is 6.04 Å². The van der Waals surface area contributed by atoms with Crippen molar-refractivity contribution in [2.24, 2.45) is 0 Å². The van der Waals surface area contributed by atoms with Gasteiger partial charge in [-0.1, -0.05) is 12.8 Å². The first-order valence-corrected chi connectivity index (χ1v) is 7.91. The maximum Gasteiger partial charge on any atom is 0.155 e. The fourth-order valence-electron chi connectivity index (χ4n) is 3.32. The molecule has 0 unspecified atom stereocenters. The zero-order valence-corrected chi connectivity index (χ0v) is 12.7. The summed E-state index contributed by atoms with van der Waals surface area (Å²) in [6.45, 7) is 2.11. The third-order valence-electron chi connectivity index (χ3n) is 4.48. The maximum atomic E-state index is 4.59. The second-order valence-corrected chi connectivity index (χ2v) is 6.01. The fraction of sp³-hybridized carbons (Fsp3) is 0.438. The summed E-state index contributed by atoms with van der Waals surface area (Å²) in [5.41, 5.74) is 0.898. The summed E-state index contributed by atoms with van der Waals surface area (Å²) in [5.74, 6) is 1.84. The van der Waals surface area contributed by atoms with Crippen molar-refractivity contribution in [1.82, 2.24) is 24.7 Å². The van der Waals surface area contributed by atoms with Crippen LogP contribution in [0.3, 0.4) is 0 Å². The largest absolute Gasteiger partial charge is 0.360 e. The molecule has 1 aliphatic carbocycles. The van der Waals surface area contributed by atoms with Gasteiger partial charge in [-0.3, -0.25) is 0 Å². The molecule has 1 fully saturated rings. The molecule has 1 atom stereocenters. The summed E-state index contributed by atoms with van der Waals surface area (Å²) in [6, 6.07) is 6.71. The quantitative estimate of drug-likeness (QED) is 0.773. The Kier molecular flexibility index (Phi) is 3.29. The van der Waals surface area contributed by atoms with Crippen molar-refractivity contribution in [2.45, 2.75) is 44.7 Å². The highest BCUT2D eigenvalue weighted by atomic mass is 15.3. The van der Waals surface area contributed by atoms with Gasteiger partial charge in [-0.05, 0) is 38.0 Å². The van der Waals surface area contributed by atoms with E-state index < -0.39 is 0 Å². The fourth-order valence-corrected chi connectivity index (χ4v) is 3.32. The van der Waals surface area contributed by atoms with E-state index in [0.717, 1.165) is 22.7 Å². The molecule has 6 heteroatoms. The highest BCUT2D eigenvalue weighted by Gasteiger charge is 2.22. The molecule has 0 aliphatic heterocycles. The Hall–Kier alpha value is -2.37. The molecule has 1 saturated carbocycles. The van der Waals surface area contributed by atoms with Crippen molar-refractivity contribution in [3.63, 3.8) is 0 Å². The lowest BCUT2D eigenvalue weighted by Crippen LogP contribution is -2.16. The zero-order valence-electron chi connectivity index (χ0n) is 12.7. The number of nitrogens with one attached hydrogen (secondary N) is 2. The van der Waals surface area contributed by atoms with Crippen LogP contribution in [0.2, 0.25) is 0 Å². The van der Waals surface area contributed by atoms with E-state index in [4.69, 9.17) is 0 Å². The van der Waals surface area contributed by atoms with Crippen LogP contribution in [0, 0.1) is 0 Å². The van der Waals surface area contributed by atoms with Gasteiger partial charge in [0.05, 0.1) is 6.04 Å². The minimum absolute atomic E-state index is 0.0722. The molecule has 0 amide bonds. The van der Waals surface area contributed by atoms with Crippen molar-refractivity contribution in [3.05, 3.63) is 36.5 Å². The van der Waals surface area contributed by atoms with Crippen LogP contribution in [0.1, 0.15) is 50.5 Å². The average molecular weight is 296 g/mol. The molecule has 0 spiro atoms. The molecule has 6 nitrogen and oxygen atoms in total. The molecular formula is C16H20N6. The predicted molar refractivity (Wildman–Crippen MR) is 85.7 cm³/mol. The zero-order chi connectivity index (χ0) is 14.9. The lowest BCUT2D eigenvalue weighted by atomic mass is 10.2. The summed E-state index contributed by atoms with van der Waals surface area (Å²) >= 11 is 0. The van der Waals surface area contributed by atoms with Gasteiger partial charge in [-0.2, -0.15) is 0 Å². The average Bonchev–Trinajstić information content (AvgIpc) is 3.26. The second-order valence-electron chi connectivity index (χ2n) is 6.01. The Bertz CT molecular complexity index is 768. The van der Waals surface area contributed by atoms with E-state index in [1.165, 1.54) is 25.7 Å². The summed E-state index contributed by atoms with van der Waals surface area (Å²) in [6.07, 6.45) is 8.83. The summed E-state index contributed by atoms with van der Waals surface area (Å²) in [5, 5.41) is 13.0. The molecular weight excluding hydrogens is 276 g/mol. The number of hydrogen-bond acceptors (Lipinski definition) is 4. The first-order valence-electron chi connectivity index (χ1n) is 7.91. The highest BCUT2D eigenvalue weighted by Crippen LogP contribution is 2.31. The summed E-state index contributed by atoms with van der Waals surface area (Å²) in [7, 11) is 0. The van der Waals surface area contributed by atoms with Crippen LogP contribution in [-0.4, -0.2) is 24.7 Å². The number of fused-ring (bicyclic) bond motifs is 1. The van der Waals surface area contributed by atoms with E-state index in [-0.39, 0.29) is 6.04 Å². The minimum Gasteiger partial charge on any atom is -0.360 e. The number of rotatable bonds is 4. The van der Waals surface area contributed by atoms with Crippen LogP contribution >= 0.6 is 0 Å². The van der Waals surface area contributed by atoms with Crippen LogP contribution in [0.15, 0.2) is 30.7 Å². The number of pyridine rings is 1. The van der Waals surface area contributed by atoms with Gasteiger partial charge in [0.25, 0.3) is 0 Å². The number of aromatic amines is 1. The second kappa shape index (κ2) is 5.44. The number of H-pyrrole nitrogens is 1. The molecule has 2 N–H and O–H groups in total. The SMILES string of the molecule is C[C@@H](Nc1ccc2cc[nH]c2n1)c1nncn1C1CCCC1. The van der Waals surface area contributed by atoms with E-state index in [1.807, 2.05) is 24.7 Å². The smallest absolute Gasteiger partial charge is 0.155 e. The van der Waals surface area contributed by atoms with Crippen molar-refractivity contribution in [2.75, 3.05) is 5.32 Å². The van der Waals surface area contributed by atoms with Gasteiger partial charge in [0, 0.05) is 17.6 Å². The van der Waals surface area contributed by atoms with Crippen LogP contribution in [0.25, 0.3) is 11.0 Å². The third kappa shape index (κ3) is 2.34. The van der Waals surface area contributed by atoms with Gasteiger partial charge in [0.15, 0.2) is 5.82 Å². The Morgan fingerprint density at radius 2 is 2.14 bits per heavy atom. The normalized spacial score (nSPS) is 17.1. The molecule has 3 aromatic heterocycles. The van der Waals surface area contributed by atoms with Gasteiger partial charge in [-0.15, -0.1) is 10.2 Å². The Morgan fingerprint density at radius 1 is 1.27 bits per heavy atom. The van der Waals surface area contributed by atoms with Crippen LogP contribution in [0.4, 0.5) is 5.82 Å². The van der Waals surface area contributed by atoms with E-state index in [2.05, 4.69) is 43.0 Å². The van der Waals surface area contributed by atoms with Crippen molar-refractivity contribution in [3.8, 4) is 0 Å². The molecule has 0 bridgehead atoms. The topological polar surface area (TPSA) is 71.4 Å². The maximum absolute atomic E-state index is 4.59. The van der Waals surface area contributed by atoms with Crippen molar-refractivity contribution < 1.29 is 0 Å². The first kappa shape index (κ1) is 13.3. The summed E-state index contributed by atoms with van der Waals surface area (Å²) in [4.78, 5) is 7.73. The van der Waals surface area contributed by atoms with Gasteiger partial charge >= 0.3 is 0 Å². The number of hydrogen-bond donors (Lipinski definition) is 2. The van der Waals surface area contributed by atoms with Gasteiger partial charge in [0.2, 0.25) is 0 Å². The van der Waals surface area contributed by atoms with Crippen molar-refractivity contribution >= 4 is 16.9 Å². The number of nitrogens with zero attached hydrogens (tertiary/aromatic N) is 4. The third-order valence-corrected chi connectivity index (χ3v) is 4.48. The molecule has 0 saturated heterocycles. The van der Waals surface area contributed by atoms with Gasteiger partial charge in [-0.25, -0.2) is 4.98 Å². The molecule has 0 radical (unpaired) electrons. The summed E-state index contributed by atoms with van der Waals surface area (Å²) < 4.78 is 2.23. The van der Waals surface area contributed by atoms with Crippen LogP contribution in [0.5, 0.6) is 0 Å². The van der Waals surface area contributed by atoms with Crippen molar-refractivity contribution in [1.29, 1.82) is 0 Å². The predicted octanol–water partition coefficient (Wildman–Crippen LogP) is 3.44. The minimum atomic E-state index is 0.0722. The lowest BCUT2D eigenvalue weighted by molar-refractivity contribution is 0.488. The van der Waals surface area contributed by atoms with Gasteiger partial charge in [0.1, 0.15) is 17.8 Å². The standard InChI is InChI=1S/C16H20N6/c1-11(16-21-18-10-22(16)13-4-2-3-5-13)19-14-7-6-12-8-9-17-15(12)20-14/h6-11,13H,2-5H2,1H3,(H2,17,19,20)/t11-/m1/s1. The van der Waals surface area contributed by atoms with E-state index >= 15 is 0 Å². The van der Waals surface area contributed by atoms with Crippen LogP contribution < -0.4 is 5.32 Å². The Balaban J connectivity index is 1.56. The first-order chi connectivity index (χ1) is 10.8. The molecule has 4 rings (SSSR count). The van der Waals surface area contributed by atoms with Gasteiger partial charge < -0.3 is 14.9 Å². The Labute approximate surface area is 129 Å². The van der Waals surface area contributed by atoms with E-state index in [1.54, 1.807) is 0 Å². The lowest BCUT2D eigenvalue weighted by Gasteiger charge is -2.19. The molecule has 3 aromatic rings. The highest BCUT2D eigenvalue weighted by molar-refractivity contribution is 5.77. The van der Waals surface area contributed by atoms with E-state index in [9.17, 15) is 0 Å². The monoisotopic (exact) mass is 296 g/mol.